The molecule has 0 bridgehead atoms. The Labute approximate surface area is 171 Å². The van der Waals surface area contributed by atoms with Gasteiger partial charge in [0.2, 0.25) is 0 Å². The first kappa shape index (κ1) is 22.8. The van der Waals surface area contributed by atoms with Gasteiger partial charge in [0.25, 0.3) is 0 Å². The topological polar surface area (TPSA) is 58.6 Å². The molecule has 1 unspecified atom stereocenters. The fourth-order valence-corrected chi connectivity index (χ4v) is 3.88. The molecule has 1 aliphatic heterocycles. The molecule has 0 radical (unpaired) electrons. The van der Waals surface area contributed by atoms with Crippen molar-refractivity contribution in [2.24, 2.45) is 0 Å². The number of nitrogens with one attached hydrogen (secondary N) is 1. The van der Waals surface area contributed by atoms with Crippen molar-refractivity contribution in [3.8, 4) is 0 Å². The molecule has 1 aliphatic rings. The molecule has 5 nitrogen and oxygen atoms in total. The molecule has 1 saturated heterocycles. The number of amides is 2. The van der Waals surface area contributed by atoms with Gasteiger partial charge < -0.3 is 0 Å². The molecule has 1 N–H and O–H groups in total. The molecule has 28 heavy (non-hydrogen) atoms. The summed E-state index contributed by atoms with van der Waals surface area (Å²) in [6.45, 7) is 6.39. The predicted octanol–water partition coefficient (Wildman–Crippen LogP) is 1.60. The quantitative estimate of drug-likeness (QED) is 0.517. The van der Waals surface area contributed by atoms with Gasteiger partial charge in [-0.05, 0) is 0 Å². The van der Waals surface area contributed by atoms with Crippen LogP contribution in [-0.2, 0) is 20.7 Å². The summed E-state index contributed by atoms with van der Waals surface area (Å²) in [7, 11) is 0. The molecule has 1 aromatic carbocycles. The van der Waals surface area contributed by atoms with Gasteiger partial charge >= 0.3 is 171 Å². The van der Waals surface area contributed by atoms with Crippen molar-refractivity contribution >= 4 is 28.7 Å². The van der Waals surface area contributed by atoms with Crippen LogP contribution in [0.4, 0.5) is 13.2 Å². The third-order valence-electron chi connectivity index (χ3n) is 4.33. The van der Waals surface area contributed by atoms with E-state index in [1.54, 1.807) is 0 Å². The molecule has 0 spiro atoms. The van der Waals surface area contributed by atoms with Crippen molar-refractivity contribution in [1.29, 1.82) is 0 Å². The van der Waals surface area contributed by atoms with E-state index in [9.17, 15) is 22.8 Å². The number of ether oxygens (including phenoxy) is 1. The zero-order chi connectivity index (χ0) is 21.1. The van der Waals surface area contributed by atoms with Gasteiger partial charge in [-0.2, -0.15) is 0 Å². The van der Waals surface area contributed by atoms with Gasteiger partial charge in [-0.1, -0.05) is 0 Å². The third kappa shape index (κ3) is 6.24. The molecule has 156 valence electrons. The summed E-state index contributed by atoms with van der Waals surface area (Å²) in [5.74, 6) is -3.70. The maximum atomic E-state index is 13.8. The van der Waals surface area contributed by atoms with Crippen molar-refractivity contribution in [2.45, 2.75) is 50.0 Å². The summed E-state index contributed by atoms with van der Waals surface area (Å²) in [6, 6.07) is 0.622. The first-order valence-electron chi connectivity index (χ1n) is 9.08. The number of carbonyl (C=O) groups is 2. The van der Waals surface area contributed by atoms with Gasteiger partial charge in [0.1, 0.15) is 0 Å². The molecular formula is C19H26AsF3N2O3. The van der Waals surface area contributed by atoms with Crippen LogP contribution in [0.2, 0.25) is 4.71 Å². The molecule has 3 atom stereocenters. The summed E-state index contributed by atoms with van der Waals surface area (Å²) in [5.41, 5.74) is -0.419. The molecule has 0 saturated carbocycles. The average molecular weight is 462 g/mol. The van der Waals surface area contributed by atoms with Gasteiger partial charge in [-0.3, -0.25) is 0 Å². The number of carbonyl (C=O) groups excluding carboxylic acids is 2. The molecular weight excluding hydrogens is 436 g/mol. The number of hydrogen-bond acceptors (Lipinski definition) is 3. The second-order valence-electron chi connectivity index (χ2n) is 7.84. The van der Waals surface area contributed by atoms with Gasteiger partial charge in [-0.25, -0.2) is 0 Å². The van der Waals surface area contributed by atoms with E-state index in [0.717, 1.165) is 6.07 Å². The Morgan fingerprint density at radius 3 is 2.57 bits per heavy atom. The van der Waals surface area contributed by atoms with E-state index in [1.807, 2.05) is 20.8 Å². The van der Waals surface area contributed by atoms with Crippen LogP contribution < -0.4 is 5.32 Å². The number of halogens is 3. The number of hydrogen-bond donors (Lipinski definition) is 1. The Kier molecular flexibility index (Phi) is 7.57. The van der Waals surface area contributed by atoms with Gasteiger partial charge in [0.05, 0.1) is 0 Å². The minimum absolute atomic E-state index is 0.0325. The van der Waals surface area contributed by atoms with E-state index >= 15 is 0 Å². The molecule has 2 amide bonds. The first-order valence-corrected chi connectivity index (χ1v) is 10.5. The molecule has 1 heterocycles. The summed E-state index contributed by atoms with van der Waals surface area (Å²) in [5, 5.41) is 2.73. The molecule has 1 aromatic rings. The number of nitrogens with zero attached hydrogens (tertiary/aromatic N) is 1. The fraction of sp³-hybridized carbons (Fsp3) is 0.579. The van der Waals surface area contributed by atoms with Gasteiger partial charge in [0.15, 0.2) is 0 Å². The van der Waals surface area contributed by atoms with E-state index < -0.39 is 29.1 Å². The Morgan fingerprint density at radius 1 is 1.29 bits per heavy atom. The van der Waals surface area contributed by atoms with Crippen LogP contribution in [0.15, 0.2) is 12.1 Å². The first-order chi connectivity index (χ1) is 13.0. The van der Waals surface area contributed by atoms with Crippen molar-refractivity contribution in [3.05, 3.63) is 35.1 Å². The van der Waals surface area contributed by atoms with Crippen LogP contribution in [0.5, 0.6) is 0 Å². The Bertz CT molecular complexity index is 740. The van der Waals surface area contributed by atoms with E-state index in [4.69, 9.17) is 4.74 Å². The minimum atomic E-state index is -1.24. The maximum absolute atomic E-state index is 13.8. The van der Waals surface area contributed by atoms with E-state index in [0.29, 0.717) is 19.2 Å². The van der Waals surface area contributed by atoms with E-state index in [1.165, 1.54) is 21.8 Å². The monoisotopic (exact) mass is 462 g/mol. The SMILES string of the molecule is CC(C)(C)OC[C@@H]1C(=O)NCCN1C(=O)C[C@H]([AsH2])Cc1cc(F)c(F)cc1F. The second-order valence-corrected chi connectivity index (χ2v) is 9.82. The normalized spacial score (nSPS) is 18.8. The van der Waals surface area contributed by atoms with Crippen molar-refractivity contribution in [3.63, 3.8) is 0 Å². The van der Waals surface area contributed by atoms with E-state index in [2.05, 4.69) is 5.32 Å². The van der Waals surface area contributed by atoms with Crippen LogP contribution in [-0.4, -0.2) is 64.9 Å². The Hall–Kier alpha value is -1.53. The third-order valence-corrected chi connectivity index (χ3v) is 5.32. The second kappa shape index (κ2) is 9.31. The standard InChI is InChI=1S/C19H26AsF3N2O3/c1-19(2,3)28-10-16-18(27)24-4-5-25(16)17(26)8-12(20)6-11-7-14(22)15(23)9-13(11)21/h7,9,12,16H,4-6,8,10,20H2,1-3H3,(H,24,27)/t12-,16-/m1/s1. The van der Waals surface area contributed by atoms with Crippen LogP contribution in [0.3, 0.4) is 0 Å². The van der Waals surface area contributed by atoms with Crippen molar-refractivity contribution in [2.75, 3.05) is 19.7 Å². The summed E-state index contributed by atoms with van der Waals surface area (Å²) >= 11 is 1.20. The summed E-state index contributed by atoms with van der Waals surface area (Å²) < 4.78 is 45.7. The average Bonchev–Trinajstić information content (AvgIpc) is 2.57. The van der Waals surface area contributed by atoms with Crippen LogP contribution in [0.1, 0.15) is 32.8 Å². The summed E-state index contributed by atoms with van der Waals surface area (Å²) in [4.78, 5) is 26.5. The molecule has 0 aliphatic carbocycles. The van der Waals surface area contributed by atoms with Crippen LogP contribution in [0, 0.1) is 17.5 Å². The molecule has 1 fully saturated rings. The fourth-order valence-electron chi connectivity index (χ4n) is 2.92. The van der Waals surface area contributed by atoms with Crippen molar-refractivity contribution < 1.29 is 27.5 Å². The zero-order valence-electron chi connectivity index (χ0n) is 16.2. The molecule has 9 heteroatoms. The van der Waals surface area contributed by atoms with Crippen molar-refractivity contribution in [1.82, 2.24) is 10.2 Å². The zero-order valence-corrected chi connectivity index (χ0v) is 18.7. The Balaban J connectivity index is 2.02. The van der Waals surface area contributed by atoms with Crippen LogP contribution in [0.25, 0.3) is 0 Å². The van der Waals surface area contributed by atoms with E-state index in [-0.39, 0.29) is 41.5 Å². The summed E-state index contributed by atoms with van der Waals surface area (Å²) in [6.07, 6.45) is 0.190. The number of benzene rings is 1. The van der Waals surface area contributed by atoms with Gasteiger partial charge in [0, 0.05) is 0 Å². The molecule has 0 aromatic heterocycles. The Morgan fingerprint density at radius 2 is 1.93 bits per heavy atom. The predicted molar refractivity (Wildman–Crippen MR) is 101 cm³/mol. The van der Waals surface area contributed by atoms with Crippen LogP contribution >= 0.6 is 0 Å². The number of rotatable bonds is 6. The van der Waals surface area contributed by atoms with Gasteiger partial charge in [-0.15, -0.1) is 0 Å². The molecule has 2 rings (SSSR count). The number of piperazine rings is 1.